The third-order valence-corrected chi connectivity index (χ3v) is 3.88. The molecular formula is C13H19NOS. The lowest BCUT2D eigenvalue weighted by atomic mass is 10.1. The number of thioether (sulfide) groups is 1. The van der Waals surface area contributed by atoms with Crippen LogP contribution in [0.5, 0.6) is 5.75 Å². The van der Waals surface area contributed by atoms with Crippen LogP contribution in [0.4, 0.5) is 0 Å². The number of nitrogens with one attached hydrogen (secondary N) is 1. The van der Waals surface area contributed by atoms with Crippen molar-refractivity contribution < 1.29 is 4.74 Å². The van der Waals surface area contributed by atoms with Crippen molar-refractivity contribution in [3.05, 3.63) is 29.8 Å². The predicted octanol–water partition coefficient (Wildman–Crippen LogP) is 2.33. The van der Waals surface area contributed by atoms with Crippen molar-refractivity contribution in [1.29, 1.82) is 0 Å². The standard InChI is InChI=1S/C13H19NOS/c1-14-7-5-11-3-2-4-12(9-11)15-13-6-8-16-10-13/h2-4,9,13-14H,5-8,10H2,1H3. The van der Waals surface area contributed by atoms with Gasteiger partial charge in [-0.2, -0.15) is 11.8 Å². The topological polar surface area (TPSA) is 21.3 Å². The smallest absolute Gasteiger partial charge is 0.120 e. The molecular weight excluding hydrogens is 218 g/mol. The van der Waals surface area contributed by atoms with E-state index in [0.717, 1.165) is 24.5 Å². The molecule has 1 atom stereocenters. The van der Waals surface area contributed by atoms with E-state index in [9.17, 15) is 0 Å². The zero-order valence-electron chi connectivity index (χ0n) is 9.74. The van der Waals surface area contributed by atoms with Crippen LogP contribution in [-0.4, -0.2) is 31.2 Å². The molecule has 1 aromatic carbocycles. The molecule has 1 heterocycles. The van der Waals surface area contributed by atoms with Gasteiger partial charge in [0.25, 0.3) is 0 Å². The molecule has 88 valence electrons. The summed E-state index contributed by atoms with van der Waals surface area (Å²) in [6.45, 7) is 1.02. The van der Waals surface area contributed by atoms with E-state index < -0.39 is 0 Å². The van der Waals surface area contributed by atoms with Gasteiger partial charge in [0.2, 0.25) is 0 Å². The van der Waals surface area contributed by atoms with E-state index in [1.807, 2.05) is 18.8 Å². The van der Waals surface area contributed by atoms with Crippen molar-refractivity contribution in [2.75, 3.05) is 25.1 Å². The highest BCUT2D eigenvalue weighted by molar-refractivity contribution is 7.99. The van der Waals surface area contributed by atoms with E-state index >= 15 is 0 Å². The third-order valence-electron chi connectivity index (χ3n) is 2.75. The number of rotatable bonds is 5. The average molecular weight is 237 g/mol. The van der Waals surface area contributed by atoms with Crippen LogP contribution in [-0.2, 0) is 6.42 Å². The molecule has 0 saturated carbocycles. The van der Waals surface area contributed by atoms with Crippen molar-refractivity contribution in [1.82, 2.24) is 5.32 Å². The Balaban J connectivity index is 1.92. The van der Waals surface area contributed by atoms with Crippen LogP contribution in [0, 0.1) is 0 Å². The molecule has 0 spiro atoms. The minimum atomic E-state index is 0.421. The van der Waals surface area contributed by atoms with Gasteiger partial charge in [0.1, 0.15) is 11.9 Å². The van der Waals surface area contributed by atoms with Crippen molar-refractivity contribution >= 4 is 11.8 Å². The lowest BCUT2D eigenvalue weighted by Gasteiger charge is -2.13. The molecule has 0 amide bonds. The lowest BCUT2D eigenvalue weighted by molar-refractivity contribution is 0.229. The Bertz CT molecular complexity index is 323. The summed E-state index contributed by atoms with van der Waals surface area (Å²) in [5, 5.41) is 3.16. The molecule has 1 unspecified atom stereocenters. The molecule has 1 fully saturated rings. The largest absolute Gasteiger partial charge is 0.490 e. The second kappa shape index (κ2) is 6.16. The Labute approximate surface area is 102 Å². The number of hydrogen-bond donors (Lipinski definition) is 1. The fourth-order valence-corrected chi connectivity index (χ4v) is 2.94. The summed E-state index contributed by atoms with van der Waals surface area (Å²) >= 11 is 1.98. The van der Waals surface area contributed by atoms with E-state index in [4.69, 9.17) is 4.74 Å². The van der Waals surface area contributed by atoms with Crippen LogP contribution in [0.25, 0.3) is 0 Å². The van der Waals surface area contributed by atoms with E-state index in [0.29, 0.717) is 6.10 Å². The molecule has 1 aromatic rings. The summed E-state index contributed by atoms with van der Waals surface area (Å²) in [6.07, 6.45) is 2.67. The summed E-state index contributed by atoms with van der Waals surface area (Å²) in [4.78, 5) is 0. The average Bonchev–Trinajstić information content (AvgIpc) is 2.80. The maximum Gasteiger partial charge on any atom is 0.120 e. The Morgan fingerprint density at radius 1 is 1.50 bits per heavy atom. The van der Waals surface area contributed by atoms with Crippen LogP contribution in [0.1, 0.15) is 12.0 Å². The normalized spacial score (nSPS) is 19.9. The van der Waals surface area contributed by atoms with Crippen LogP contribution in [0.2, 0.25) is 0 Å². The van der Waals surface area contributed by atoms with Gasteiger partial charge in [-0.1, -0.05) is 12.1 Å². The summed E-state index contributed by atoms with van der Waals surface area (Å²) in [5.41, 5.74) is 1.34. The molecule has 1 N–H and O–H groups in total. The molecule has 0 bridgehead atoms. The highest BCUT2D eigenvalue weighted by Crippen LogP contribution is 2.23. The van der Waals surface area contributed by atoms with Gasteiger partial charge in [0.15, 0.2) is 0 Å². The highest BCUT2D eigenvalue weighted by atomic mass is 32.2. The zero-order valence-corrected chi connectivity index (χ0v) is 10.6. The second-order valence-electron chi connectivity index (χ2n) is 4.10. The van der Waals surface area contributed by atoms with E-state index in [1.54, 1.807) is 0 Å². The minimum absolute atomic E-state index is 0.421. The summed E-state index contributed by atoms with van der Waals surface area (Å²) in [5.74, 6) is 3.41. The third kappa shape index (κ3) is 3.42. The molecule has 0 aliphatic carbocycles. The molecule has 2 nitrogen and oxygen atoms in total. The van der Waals surface area contributed by atoms with E-state index in [1.165, 1.54) is 17.7 Å². The quantitative estimate of drug-likeness (QED) is 0.849. The number of ether oxygens (including phenoxy) is 1. The van der Waals surface area contributed by atoms with Gasteiger partial charge in [-0.25, -0.2) is 0 Å². The van der Waals surface area contributed by atoms with Gasteiger partial charge in [-0.15, -0.1) is 0 Å². The van der Waals surface area contributed by atoms with E-state index in [2.05, 4.69) is 29.6 Å². The molecule has 2 rings (SSSR count). The first-order chi connectivity index (χ1) is 7.88. The summed E-state index contributed by atoms with van der Waals surface area (Å²) in [6, 6.07) is 8.47. The van der Waals surface area contributed by atoms with Crippen LogP contribution in [0.3, 0.4) is 0 Å². The van der Waals surface area contributed by atoms with Crippen LogP contribution < -0.4 is 10.1 Å². The fraction of sp³-hybridized carbons (Fsp3) is 0.538. The molecule has 3 heteroatoms. The molecule has 0 radical (unpaired) electrons. The van der Waals surface area contributed by atoms with Crippen molar-refractivity contribution in [2.45, 2.75) is 18.9 Å². The predicted molar refractivity (Wildman–Crippen MR) is 70.4 cm³/mol. The van der Waals surface area contributed by atoms with Gasteiger partial charge in [-0.3, -0.25) is 0 Å². The monoisotopic (exact) mass is 237 g/mol. The summed E-state index contributed by atoms with van der Waals surface area (Å²) < 4.78 is 5.95. The first-order valence-electron chi connectivity index (χ1n) is 5.86. The Morgan fingerprint density at radius 3 is 3.19 bits per heavy atom. The molecule has 1 aliphatic rings. The van der Waals surface area contributed by atoms with Gasteiger partial charge in [0, 0.05) is 5.75 Å². The highest BCUT2D eigenvalue weighted by Gasteiger charge is 2.16. The zero-order chi connectivity index (χ0) is 11.2. The first kappa shape index (κ1) is 11.8. The van der Waals surface area contributed by atoms with Gasteiger partial charge in [0.05, 0.1) is 0 Å². The lowest BCUT2D eigenvalue weighted by Crippen LogP contribution is -2.15. The second-order valence-corrected chi connectivity index (χ2v) is 5.25. The van der Waals surface area contributed by atoms with E-state index in [-0.39, 0.29) is 0 Å². The van der Waals surface area contributed by atoms with Crippen molar-refractivity contribution in [3.8, 4) is 5.75 Å². The summed E-state index contributed by atoms with van der Waals surface area (Å²) in [7, 11) is 1.98. The van der Waals surface area contributed by atoms with Gasteiger partial charge < -0.3 is 10.1 Å². The van der Waals surface area contributed by atoms with Crippen molar-refractivity contribution in [2.24, 2.45) is 0 Å². The Hall–Kier alpha value is -0.670. The minimum Gasteiger partial charge on any atom is -0.490 e. The molecule has 16 heavy (non-hydrogen) atoms. The molecule has 1 aliphatic heterocycles. The number of hydrogen-bond acceptors (Lipinski definition) is 3. The van der Waals surface area contributed by atoms with Crippen LogP contribution >= 0.6 is 11.8 Å². The fourth-order valence-electron chi connectivity index (χ4n) is 1.84. The maximum atomic E-state index is 5.95. The Morgan fingerprint density at radius 2 is 2.44 bits per heavy atom. The van der Waals surface area contributed by atoms with Gasteiger partial charge in [-0.05, 0) is 49.9 Å². The molecule has 1 saturated heterocycles. The SMILES string of the molecule is CNCCc1cccc(OC2CCSC2)c1. The maximum absolute atomic E-state index is 5.95. The first-order valence-corrected chi connectivity index (χ1v) is 7.02. The number of benzene rings is 1. The Kier molecular flexibility index (Phi) is 4.55. The van der Waals surface area contributed by atoms with Crippen molar-refractivity contribution in [3.63, 3.8) is 0 Å². The molecule has 0 aromatic heterocycles. The number of likely N-dealkylation sites (N-methyl/N-ethyl adjacent to an activating group) is 1. The van der Waals surface area contributed by atoms with Gasteiger partial charge >= 0.3 is 0 Å². The van der Waals surface area contributed by atoms with Crippen LogP contribution in [0.15, 0.2) is 24.3 Å².